The van der Waals surface area contributed by atoms with Gasteiger partial charge in [-0.1, -0.05) is 11.6 Å². The molecule has 2 atom stereocenters. The number of carbonyl (C=O) groups excluding carboxylic acids is 1. The summed E-state index contributed by atoms with van der Waals surface area (Å²) in [5, 5.41) is 0.865. The average molecular weight is 503 g/mol. The molecule has 194 valence electrons. The van der Waals surface area contributed by atoms with Crippen molar-refractivity contribution in [3.05, 3.63) is 85.1 Å². The van der Waals surface area contributed by atoms with Gasteiger partial charge in [0.15, 0.2) is 0 Å². The minimum absolute atomic E-state index is 0.0345. The van der Waals surface area contributed by atoms with Gasteiger partial charge in [0.2, 0.25) is 5.91 Å². The Kier molecular flexibility index (Phi) is 6.80. The zero-order valence-corrected chi connectivity index (χ0v) is 22.0. The summed E-state index contributed by atoms with van der Waals surface area (Å²) in [5.74, 6) is 1.18. The number of rotatable bonds is 6. The van der Waals surface area contributed by atoms with E-state index in [0.717, 1.165) is 28.6 Å². The molecule has 1 amide bonds. The Bertz CT molecular complexity index is 1510. The third-order valence-electron chi connectivity index (χ3n) is 7.81. The van der Waals surface area contributed by atoms with E-state index in [1.807, 2.05) is 61.4 Å². The first-order chi connectivity index (χ1) is 17.7. The van der Waals surface area contributed by atoms with Crippen LogP contribution in [0.4, 0.5) is 0 Å². The summed E-state index contributed by atoms with van der Waals surface area (Å²) >= 11 is 0. The lowest BCUT2D eigenvalue weighted by molar-refractivity contribution is -0.133. The van der Waals surface area contributed by atoms with E-state index in [1.54, 1.807) is 12.1 Å². The molecule has 2 aliphatic heterocycles. The van der Waals surface area contributed by atoms with Crippen LogP contribution >= 0.6 is 0 Å². The maximum atomic E-state index is 13.2. The predicted octanol–water partition coefficient (Wildman–Crippen LogP) is 4.50. The minimum atomic E-state index is -0.397. The van der Waals surface area contributed by atoms with E-state index in [0.29, 0.717) is 49.6 Å². The van der Waals surface area contributed by atoms with E-state index in [-0.39, 0.29) is 29.7 Å². The number of ether oxygens (including phenoxy) is 1. The smallest absolute Gasteiger partial charge is 0.339 e. The lowest BCUT2D eigenvalue weighted by atomic mass is 9.83. The van der Waals surface area contributed by atoms with Gasteiger partial charge in [-0.15, -0.1) is 0 Å². The van der Waals surface area contributed by atoms with Crippen molar-refractivity contribution < 1.29 is 13.9 Å². The molecular formula is C30H34N2O5. The molecule has 2 aliphatic rings. The van der Waals surface area contributed by atoms with Crippen LogP contribution < -0.4 is 15.9 Å². The van der Waals surface area contributed by atoms with Crippen molar-refractivity contribution >= 4 is 16.9 Å². The van der Waals surface area contributed by atoms with Crippen molar-refractivity contribution in [2.75, 3.05) is 19.7 Å². The number of benzene rings is 1. The monoisotopic (exact) mass is 502 g/mol. The highest BCUT2D eigenvalue weighted by atomic mass is 16.5. The van der Waals surface area contributed by atoms with Gasteiger partial charge in [0.25, 0.3) is 5.56 Å². The number of hydrogen-bond donors (Lipinski definition) is 0. The van der Waals surface area contributed by atoms with Gasteiger partial charge in [-0.25, -0.2) is 4.79 Å². The third-order valence-corrected chi connectivity index (χ3v) is 7.81. The molecule has 0 spiro atoms. The van der Waals surface area contributed by atoms with Gasteiger partial charge in [0.1, 0.15) is 17.9 Å². The molecule has 1 fully saturated rings. The van der Waals surface area contributed by atoms with Crippen LogP contribution in [0.25, 0.3) is 11.0 Å². The molecule has 7 heteroatoms. The highest BCUT2D eigenvalue weighted by molar-refractivity contribution is 5.86. The zero-order valence-electron chi connectivity index (χ0n) is 22.0. The van der Waals surface area contributed by atoms with Crippen molar-refractivity contribution in [2.24, 2.45) is 5.92 Å². The van der Waals surface area contributed by atoms with Crippen molar-refractivity contribution in [1.29, 1.82) is 0 Å². The van der Waals surface area contributed by atoms with Gasteiger partial charge in [-0.2, -0.15) is 0 Å². The van der Waals surface area contributed by atoms with Crippen LogP contribution in [0.5, 0.6) is 5.75 Å². The van der Waals surface area contributed by atoms with Crippen LogP contribution in [0.15, 0.2) is 56.0 Å². The van der Waals surface area contributed by atoms with E-state index in [4.69, 9.17) is 9.15 Å². The second-order valence-corrected chi connectivity index (χ2v) is 10.6. The number of hydrogen-bond acceptors (Lipinski definition) is 5. The van der Waals surface area contributed by atoms with Gasteiger partial charge < -0.3 is 18.6 Å². The second-order valence-electron chi connectivity index (χ2n) is 10.6. The van der Waals surface area contributed by atoms with Crippen molar-refractivity contribution in [3.8, 4) is 5.75 Å². The first-order valence-corrected chi connectivity index (χ1v) is 13.0. The molecule has 37 heavy (non-hydrogen) atoms. The van der Waals surface area contributed by atoms with Crippen LogP contribution in [0, 0.1) is 19.8 Å². The summed E-state index contributed by atoms with van der Waals surface area (Å²) in [6, 6.07) is 9.24. The SMILES string of the molecule is CC(C)=CCOc1ccc2c(C)c(CCC(=O)N3C[C@@H]4C[C@@H](C3)c3cccc(=O)n3C4)c(=O)oc2c1C. The standard InChI is InChI=1S/C30H34N2O5/c1-18(2)12-13-36-26-10-8-23-19(3)24(30(35)37-29(23)20(26)4)9-11-27(33)31-15-21-14-22(17-31)25-6-5-7-28(34)32(25)16-21/h5-8,10,12,21-22H,9,11,13-17H2,1-4H3/t21-,22-/m0/s1. The lowest BCUT2D eigenvalue weighted by Crippen LogP contribution is -2.49. The fourth-order valence-corrected chi connectivity index (χ4v) is 5.80. The molecule has 2 bridgehead atoms. The molecule has 4 heterocycles. The number of likely N-dealkylation sites (tertiary alicyclic amines) is 1. The topological polar surface area (TPSA) is 81.8 Å². The number of piperidine rings is 1. The summed E-state index contributed by atoms with van der Waals surface area (Å²) in [4.78, 5) is 40.4. The number of aryl methyl sites for hydroxylation is 2. The highest BCUT2D eigenvalue weighted by Gasteiger charge is 2.36. The Morgan fingerprint density at radius 3 is 2.68 bits per heavy atom. The van der Waals surface area contributed by atoms with Gasteiger partial charge in [0, 0.05) is 60.2 Å². The number of pyridine rings is 1. The van der Waals surface area contributed by atoms with E-state index >= 15 is 0 Å². The molecule has 2 aromatic heterocycles. The van der Waals surface area contributed by atoms with Crippen LogP contribution in [-0.2, 0) is 17.8 Å². The normalized spacial score (nSPS) is 18.4. The number of allylic oxidation sites excluding steroid dienone is 1. The number of nitrogens with zero attached hydrogens (tertiary/aromatic N) is 2. The molecule has 5 rings (SSSR count). The number of amides is 1. The number of fused-ring (bicyclic) bond motifs is 5. The van der Waals surface area contributed by atoms with Crippen molar-refractivity contribution in [1.82, 2.24) is 9.47 Å². The Morgan fingerprint density at radius 1 is 1.08 bits per heavy atom. The fraction of sp³-hybridized carbons (Fsp3) is 0.433. The maximum absolute atomic E-state index is 13.2. The Balaban J connectivity index is 1.31. The third kappa shape index (κ3) is 4.87. The van der Waals surface area contributed by atoms with Crippen LogP contribution in [0.3, 0.4) is 0 Å². The maximum Gasteiger partial charge on any atom is 0.339 e. The Morgan fingerprint density at radius 2 is 1.89 bits per heavy atom. The van der Waals surface area contributed by atoms with Gasteiger partial charge >= 0.3 is 5.63 Å². The molecule has 1 saturated heterocycles. The van der Waals surface area contributed by atoms with E-state index in [9.17, 15) is 14.4 Å². The largest absolute Gasteiger partial charge is 0.489 e. The Labute approximate surface area is 216 Å². The molecule has 3 aromatic rings. The summed E-state index contributed by atoms with van der Waals surface area (Å²) in [7, 11) is 0. The van der Waals surface area contributed by atoms with E-state index in [1.165, 1.54) is 5.57 Å². The van der Waals surface area contributed by atoms with Gasteiger partial charge in [-0.3, -0.25) is 9.59 Å². The molecule has 7 nitrogen and oxygen atoms in total. The molecule has 0 aliphatic carbocycles. The number of carbonyl (C=O) groups is 1. The second kappa shape index (κ2) is 10.0. The van der Waals surface area contributed by atoms with Crippen molar-refractivity contribution in [3.63, 3.8) is 0 Å². The van der Waals surface area contributed by atoms with Crippen LogP contribution in [0.2, 0.25) is 0 Å². The summed E-state index contributed by atoms with van der Waals surface area (Å²) < 4.78 is 13.5. The minimum Gasteiger partial charge on any atom is -0.489 e. The molecule has 0 radical (unpaired) electrons. The molecule has 1 aromatic carbocycles. The van der Waals surface area contributed by atoms with Gasteiger partial charge in [0.05, 0.1) is 0 Å². The van der Waals surface area contributed by atoms with E-state index in [2.05, 4.69) is 0 Å². The number of aromatic nitrogens is 1. The lowest BCUT2D eigenvalue weighted by Gasteiger charge is -2.42. The van der Waals surface area contributed by atoms with Crippen LogP contribution in [0.1, 0.15) is 55.0 Å². The van der Waals surface area contributed by atoms with Gasteiger partial charge in [-0.05, 0) is 76.3 Å². The first kappa shape index (κ1) is 25.1. The predicted molar refractivity (Wildman–Crippen MR) is 143 cm³/mol. The molecule has 0 N–H and O–H groups in total. The van der Waals surface area contributed by atoms with E-state index < -0.39 is 5.63 Å². The van der Waals surface area contributed by atoms with Crippen LogP contribution in [-0.4, -0.2) is 35.1 Å². The zero-order chi connectivity index (χ0) is 26.3. The fourth-order valence-electron chi connectivity index (χ4n) is 5.80. The summed E-state index contributed by atoms with van der Waals surface area (Å²) in [6.07, 6.45) is 3.59. The quantitative estimate of drug-likeness (QED) is 0.366. The molecule has 0 saturated carbocycles. The highest BCUT2D eigenvalue weighted by Crippen LogP contribution is 2.35. The summed E-state index contributed by atoms with van der Waals surface area (Å²) in [6.45, 7) is 10.2. The molecular weight excluding hydrogens is 468 g/mol. The average Bonchev–Trinajstić information content (AvgIpc) is 2.86. The molecule has 0 unspecified atom stereocenters. The Hall–Kier alpha value is -3.61. The van der Waals surface area contributed by atoms with Crippen molar-refractivity contribution in [2.45, 2.75) is 59.4 Å². The first-order valence-electron chi connectivity index (χ1n) is 13.0. The summed E-state index contributed by atoms with van der Waals surface area (Å²) in [5.41, 5.74) is 4.56.